The van der Waals surface area contributed by atoms with Crippen LogP contribution in [0.2, 0.25) is 10.0 Å². The summed E-state index contributed by atoms with van der Waals surface area (Å²) in [7, 11) is 0. The van der Waals surface area contributed by atoms with E-state index >= 15 is 0 Å². The molecule has 1 heterocycles. The standard InChI is InChI=1S/C21H17Cl2N3O3/c1-12(25-26-21(28)17-8-9-29-13(17)2)14-4-3-5-16(10-14)24-20(27)18-7-6-15(22)11-19(18)23/h3-11H,1-2H3,(H,24,27)(H,26,28)/b25-12+. The van der Waals surface area contributed by atoms with Crippen molar-refractivity contribution in [2.75, 3.05) is 5.32 Å². The van der Waals surface area contributed by atoms with Crippen LogP contribution in [0.5, 0.6) is 0 Å². The number of amides is 2. The SMILES string of the molecule is C/C(=N\NC(=O)c1ccoc1C)c1cccc(NC(=O)c2ccc(Cl)cc2Cl)c1. The van der Waals surface area contributed by atoms with Crippen molar-refractivity contribution < 1.29 is 14.0 Å². The Bertz CT molecular complexity index is 1110. The average molecular weight is 430 g/mol. The highest BCUT2D eigenvalue weighted by Crippen LogP contribution is 2.22. The number of hydrogen-bond acceptors (Lipinski definition) is 4. The molecule has 2 N–H and O–H groups in total. The quantitative estimate of drug-likeness (QED) is 0.426. The molecule has 0 aliphatic rings. The van der Waals surface area contributed by atoms with Gasteiger partial charge in [-0.3, -0.25) is 9.59 Å². The third kappa shape index (κ3) is 5.04. The number of hydrogen-bond donors (Lipinski definition) is 2. The first-order chi connectivity index (χ1) is 13.8. The molecule has 0 radical (unpaired) electrons. The lowest BCUT2D eigenvalue weighted by Crippen LogP contribution is -2.19. The van der Waals surface area contributed by atoms with Gasteiger partial charge in [0.1, 0.15) is 5.76 Å². The third-order valence-corrected chi connectivity index (χ3v) is 4.69. The Kier molecular flexibility index (Phi) is 6.36. The number of benzene rings is 2. The Hall–Kier alpha value is -3.09. The monoisotopic (exact) mass is 429 g/mol. The summed E-state index contributed by atoms with van der Waals surface area (Å²) < 4.78 is 5.11. The van der Waals surface area contributed by atoms with E-state index in [-0.39, 0.29) is 16.8 Å². The Morgan fingerprint density at radius 3 is 2.48 bits per heavy atom. The number of nitrogens with one attached hydrogen (secondary N) is 2. The summed E-state index contributed by atoms with van der Waals surface area (Å²) in [6.07, 6.45) is 1.44. The summed E-state index contributed by atoms with van der Waals surface area (Å²) in [5.74, 6) is -0.208. The molecule has 0 atom stereocenters. The van der Waals surface area contributed by atoms with E-state index in [4.69, 9.17) is 27.6 Å². The lowest BCUT2D eigenvalue weighted by Gasteiger charge is -2.09. The van der Waals surface area contributed by atoms with Crippen LogP contribution in [0.1, 0.15) is 39.0 Å². The van der Waals surface area contributed by atoms with Gasteiger partial charge in [0, 0.05) is 10.7 Å². The van der Waals surface area contributed by atoms with Gasteiger partial charge in [0.05, 0.1) is 28.1 Å². The first-order valence-electron chi connectivity index (χ1n) is 8.60. The molecule has 3 aromatic rings. The Morgan fingerprint density at radius 2 is 1.79 bits per heavy atom. The highest BCUT2D eigenvalue weighted by Gasteiger charge is 2.13. The van der Waals surface area contributed by atoms with Gasteiger partial charge < -0.3 is 9.73 Å². The zero-order valence-electron chi connectivity index (χ0n) is 15.6. The van der Waals surface area contributed by atoms with Crippen molar-refractivity contribution in [3.63, 3.8) is 0 Å². The first kappa shape index (κ1) is 20.6. The van der Waals surface area contributed by atoms with Crippen LogP contribution in [-0.4, -0.2) is 17.5 Å². The van der Waals surface area contributed by atoms with Crippen LogP contribution in [0.15, 0.2) is 64.3 Å². The molecule has 148 valence electrons. The molecule has 0 aliphatic carbocycles. The van der Waals surface area contributed by atoms with E-state index in [1.807, 2.05) is 6.07 Å². The molecule has 29 heavy (non-hydrogen) atoms. The van der Waals surface area contributed by atoms with Gasteiger partial charge in [-0.2, -0.15) is 5.10 Å². The second kappa shape index (κ2) is 8.94. The predicted octanol–water partition coefficient (Wildman–Crippen LogP) is 5.30. The predicted molar refractivity (Wildman–Crippen MR) is 114 cm³/mol. The summed E-state index contributed by atoms with van der Waals surface area (Å²) in [4.78, 5) is 24.6. The van der Waals surface area contributed by atoms with Crippen molar-refractivity contribution in [2.45, 2.75) is 13.8 Å². The maximum absolute atomic E-state index is 12.5. The van der Waals surface area contributed by atoms with Gasteiger partial charge in [-0.25, -0.2) is 5.43 Å². The Labute approximate surface area is 177 Å². The Morgan fingerprint density at radius 1 is 1.00 bits per heavy atom. The number of aryl methyl sites for hydroxylation is 1. The smallest absolute Gasteiger partial charge is 0.274 e. The van der Waals surface area contributed by atoms with E-state index in [9.17, 15) is 9.59 Å². The molecular weight excluding hydrogens is 413 g/mol. The number of nitrogens with zero attached hydrogens (tertiary/aromatic N) is 1. The van der Waals surface area contributed by atoms with Crippen LogP contribution in [0.25, 0.3) is 0 Å². The lowest BCUT2D eigenvalue weighted by molar-refractivity contribution is 0.0952. The minimum atomic E-state index is -0.363. The maximum atomic E-state index is 12.5. The summed E-state index contributed by atoms with van der Waals surface area (Å²) in [5.41, 5.74) is 5.09. The number of carbonyl (C=O) groups excluding carboxylic acids is 2. The van der Waals surface area contributed by atoms with Gasteiger partial charge in [0.25, 0.3) is 11.8 Å². The minimum absolute atomic E-state index is 0.265. The van der Waals surface area contributed by atoms with E-state index in [2.05, 4.69) is 15.8 Å². The van der Waals surface area contributed by atoms with Crippen molar-refractivity contribution in [2.24, 2.45) is 5.10 Å². The van der Waals surface area contributed by atoms with Crippen molar-refractivity contribution >= 4 is 46.4 Å². The zero-order valence-corrected chi connectivity index (χ0v) is 17.1. The molecule has 1 aromatic heterocycles. The van der Waals surface area contributed by atoms with Crippen LogP contribution in [0.4, 0.5) is 5.69 Å². The summed E-state index contributed by atoms with van der Waals surface area (Å²) >= 11 is 12.0. The van der Waals surface area contributed by atoms with Crippen molar-refractivity contribution in [1.82, 2.24) is 5.43 Å². The normalized spacial score (nSPS) is 11.2. The van der Waals surface area contributed by atoms with Gasteiger partial charge in [0.2, 0.25) is 0 Å². The summed E-state index contributed by atoms with van der Waals surface area (Å²) in [6, 6.07) is 13.3. The third-order valence-electron chi connectivity index (χ3n) is 4.14. The van der Waals surface area contributed by atoms with Gasteiger partial charge in [-0.15, -0.1) is 0 Å². The molecule has 3 rings (SSSR count). The van der Waals surface area contributed by atoms with Crippen LogP contribution in [-0.2, 0) is 0 Å². The van der Waals surface area contributed by atoms with Crippen molar-refractivity contribution in [1.29, 1.82) is 0 Å². The maximum Gasteiger partial charge on any atom is 0.274 e. The van der Waals surface area contributed by atoms with Crippen LogP contribution < -0.4 is 10.7 Å². The molecule has 0 unspecified atom stereocenters. The van der Waals surface area contributed by atoms with Gasteiger partial charge in [0.15, 0.2) is 0 Å². The molecule has 6 nitrogen and oxygen atoms in total. The molecular formula is C21H17Cl2N3O3. The summed E-state index contributed by atoms with van der Waals surface area (Å²) in [5, 5.41) is 7.62. The van der Waals surface area contributed by atoms with Crippen LogP contribution >= 0.6 is 23.2 Å². The number of rotatable bonds is 5. The molecule has 0 bridgehead atoms. The van der Waals surface area contributed by atoms with E-state index in [0.29, 0.717) is 33.3 Å². The first-order valence-corrected chi connectivity index (χ1v) is 9.36. The number of carbonyl (C=O) groups is 2. The second-order valence-corrected chi connectivity index (χ2v) is 7.03. The molecule has 0 aliphatic heterocycles. The fraction of sp³-hybridized carbons (Fsp3) is 0.0952. The van der Waals surface area contributed by atoms with E-state index < -0.39 is 0 Å². The highest BCUT2D eigenvalue weighted by atomic mass is 35.5. The average Bonchev–Trinajstić information content (AvgIpc) is 3.12. The molecule has 0 spiro atoms. The van der Waals surface area contributed by atoms with Gasteiger partial charge in [-0.05, 0) is 55.8 Å². The number of halogens is 2. The fourth-order valence-corrected chi connectivity index (χ4v) is 3.07. The molecule has 0 saturated heterocycles. The molecule has 2 amide bonds. The molecule has 2 aromatic carbocycles. The summed E-state index contributed by atoms with van der Waals surface area (Å²) in [6.45, 7) is 3.45. The minimum Gasteiger partial charge on any atom is -0.469 e. The number of furan rings is 1. The van der Waals surface area contributed by atoms with E-state index in [1.54, 1.807) is 50.2 Å². The number of hydrazone groups is 1. The van der Waals surface area contributed by atoms with Crippen molar-refractivity contribution in [3.8, 4) is 0 Å². The molecule has 0 fully saturated rings. The molecule has 8 heteroatoms. The highest BCUT2D eigenvalue weighted by molar-refractivity contribution is 6.37. The zero-order chi connectivity index (χ0) is 21.0. The molecule has 0 saturated carbocycles. The number of anilines is 1. The van der Waals surface area contributed by atoms with Crippen LogP contribution in [0, 0.1) is 6.92 Å². The Balaban J connectivity index is 1.72. The van der Waals surface area contributed by atoms with Gasteiger partial charge in [-0.1, -0.05) is 35.3 Å². The lowest BCUT2D eigenvalue weighted by atomic mass is 10.1. The largest absolute Gasteiger partial charge is 0.469 e. The van der Waals surface area contributed by atoms with Crippen LogP contribution in [0.3, 0.4) is 0 Å². The van der Waals surface area contributed by atoms with Crippen molar-refractivity contribution in [3.05, 3.63) is 87.3 Å². The van der Waals surface area contributed by atoms with E-state index in [0.717, 1.165) is 5.56 Å². The topological polar surface area (TPSA) is 83.7 Å². The van der Waals surface area contributed by atoms with E-state index in [1.165, 1.54) is 12.3 Å². The fourth-order valence-electron chi connectivity index (χ4n) is 2.57. The second-order valence-electron chi connectivity index (χ2n) is 6.19. The van der Waals surface area contributed by atoms with Gasteiger partial charge >= 0.3 is 0 Å².